The normalized spacial score (nSPS) is 17.7. The van der Waals surface area contributed by atoms with Crippen molar-refractivity contribution in [3.05, 3.63) is 35.9 Å². The number of amidine groups is 1. The van der Waals surface area contributed by atoms with Crippen LogP contribution in [-0.4, -0.2) is 17.7 Å². The Kier molecular flexibility index (Phi) is 4.51. The quantitative estimate of drug-likeness (QED) is 0.503. The van der Waals surface area contributed by atoms with Crippen LogP contribution in [0.5, 0.6) is 0 Å². The number of nitrogens with zero attached hydrogens (tertiary/aromatic N) is 1. The average molecular weight is 244 g/mol. The average Bonchev–Trinajstić information content (AvgIpc) is 2.40. The summed E-state index contributed by atoms with van der Waals surface area (Å²) in [6.45, 7) is 0. The van der Waals surface area contributed by atoms with E-state index in [4.69, 9.17) is 5.73 Å². The van der Waals surface area contributed by atoms with E-state index in [9.17, 15) is 4.79 Å². The zero-order valence-electron chi connectivity index (χ0n) is 10.6. The minimum absolute atomic E-state index is 0.0488. The molecule has 2 N–H and O–H groups in total. The van der Waals surface area contributed by atoms with E-state index in [0.717, 1.165) is 12.8 Å². The van der Waals surface area contributed by atoms with Crippen molar-refractivity contribution in [2.75, 3.05) is 0 Å². The molecule has 0 saturated heterocycles. The highest BCUT2D eigenvalue weighted by molar-refractivity contribution is 6.08. The van der Waals surface area contributed by atoms with E-state index in [1.807, 2.05) is 30.3 Å². The van der Waals surface area contributed by atoms with Gasteiger partial charge in [-0.05, 0) is 12.8 Å². The van der Waals surface area contributed by atoms with Crippen molar-refractivity contribution in [3.63, 3.8) is 0 Å². The number of aliphatic imine (C=N–C) groups is 1. The number of benzene rings is 1. The van der Waals surface area contributed by atoms with Crippen molar-refractivity contribution >= 4 is 11.6 Å². The van der Waals surface area contributed by atoms with Gasteiger partial charge in [-0.15, -0.1) is 0 Å². The first-order valence-corrected chi connectivity index (χ1v) is 6.66. The molecular formula is C15H20N2O. The fourth-order valence-electron chi connectivity index (χ4n) is 2.38. The maximum Gasteiger partial charge on any atom is 0.170 e. The van der Waals surface area contributed by atoms with Crippen molar-refractivity contribution in [2.45, 2.75) is 44.6 Å². The van der Waals surface area contributed by atoms with Crippen LogP contribution in [0.3, 0.4) is 0 Å². The largest absolute Gasteiger partial charge is 0.387 e. The van der Waals surface area contributed by atoms with Gasteiger partial charge < -0.3 is 5.73 Å². The Balaban J connectivity index is 1.92. The molecule has 1 aromatic carbocycles. The predicted molar refractivity (Wildman–Crippen MR) is 73.9 cm³/mol. The van der Waals surface area contributed by atoms with Gasteiger partial charge in [0.25, 0.3) is 0 Å². The highest BCUT2D eigenvalue weighted by Crippen LogP contribution is 2.20. The lowest BCUT2D eigenvalue weighted by atomic mass is 9.96. The molecule has 0 atom stereocenters. The van der Waals surface area contributed by atoms with Crippen LogP contribution < -0.4 is 5.73 Å². The number of rotatable bonds is 4. The maximum absolute atomic E-state index is 11.9. The van der Waals surface area contributed by atoms with E-state index in [-0.39, 0.29) is 12.2 Å². The summed E-state index contributed by atoms with van der Waals surface area (Å²) in [5, 5.41) is 0. The molecule has 0 spiro atoms. The topological polar surface area (TPSA) is 55.5 Å². The molecule has 0 heterocycles. The van der Waals surface area contributed by atoms with Gasteiger partial charge in [-0.3, -0.25) is 9.79 Å². The molecule has 1 aromatic rings. The Labute approximate surface area is 108 Å². The summed E-state index contributed by atoms with van der Waals surface area (Å²) in [5.41, 5.74) is 6.58. The summed E-state index contributed by atoms with van der Waals surface area (Å²) < 4.78 is 0. The molecule has 0 aliphatic heterocycles. The minimum atomic E-state index is 0.0488. The third-order valence-electron chi connectivity index (χ3n) is 3.36. The first kappa shape index (κ1) is 12.8. The van der Waals surface area contributed by atoms with E-state index in [2.05, 4.69) is 4.99 Å². The Morgan fingerprint density at radius 2 is 1.83 bits per heavy atom. The number of hydrogen-bond acceptors (Lipinski definition) is 2. The number of nitrogens with two attached hydrogens (primary N) is 1. The smallest absolute Gasteiger partial charge is 0.170 e. The van der Waals surface area contributed by atoms with Crippen LogP contribution in [0.15, 0.2) is 35.3 Å². The maximum atomic E-state index is 11.9. The molecule has 0 aromatic heterocycles. The third-order valence-corrected chi connectivity index (χ3v) is 3.36. The van der Waals surface area contributed by atoms with Crippen molar-refractivity contribution in [1.82, 2.24) is 0 Å². The van der Waals surface area contributed by atoms with Crippen molar-refractivity contribution < 1.29 is 4.79 Å². The van der Waals surface area contributed by atoms with E-state index in [1.165, 1.54) is 19.3 Å². The van der Waals surface area contributed by atoms with Gasteiger partial charge in [0.2, 0.25) is 0 Å². The molecule has 18 heavy (non-hydrogen) atoms. The molecule has 3 heteroatoms. The molecule has 1 aliphatic carbocycles. The summed E-state index contributed by atoms with van der Waals surface area (Å²) in [6.07, 6.45) is 6.22. The van der Waals surface area contributed by atoms with Crippen molar-refractivity contribution in [3.8, 4) is 0 Å². The lowest BCUT2D eigenvalue weighted by molar-refractivity contribution is 0.1000. The van der Waals surface area contributed by atoms with Gasteiger partial charge in [0.1, 0.15) is 5.84 Å². The molecule has 0 radical (unpaired) electrons. The Hall–Kier alpha value is -1.64. The Bertz CT molecular complexity index is 419. The molecule has 1 saturated carbocycles. The van der Waals surface area contributed by atoms with E-state index >= 15 is 0 Å². The zero-order chi connectivity index (χ0) is 12.8. The fourth-order valence-corrected chi connectivity index (χ4v) is 2.38. The molecule has 0 unspecified atom stereocenters. The SMILES string of the molecule is NC(CC(=O)c1ccccc1)=NC1CCCCC1. The van der Waals surface area contributed by atoms with Gasteiger partial charge in [0.05, 0.1) is 12.5 Å². The van der Waals surface area contributed by atoms with Gasteiger partial charge in [0.15, 0.2) is 5.78 Å². The lowest BCUT2D eigenvalue weighted by Crippen LogP contribution is -2.21. The molecule has 0 amide bonds. The van der Waals surface area contributed by atoms with Crippen LogP contribution in [0.4, 0.5) is 0 Å². The van der Waals surface area contributed by atoms with Crippen LogP contribution in [0.1, 0.15) is 48.9 Å². The molecule has 3 nitrogen and oxygen atoms in total. The lowest BCUT2D eigenvalue weighted by Gasteiger charge is -2.18. The van der Waals surface area contributed by atoms with Crippen LogP contribution in [0, 0.1) is 0 Å². The van der Waals surface area contributed by atoms with Gasteiger partial charge in [-0.25, -0.2) is 0 Å². The predicted octanol–water partition coefficient (Wildman–Crippen LogP) is 2.95. The first-order chi connectivity index (χ1) is 8.75. The van der Waals surface area contributed by atoms with Gasteiger partial charge in [-0.1, -0.05) is 49.6 Å². The van der Waals surface area contributed by atoms with Crippen LogP contribution >= 0.6 is 0 Å². The van der Waals surface area contributed by atoms with Gasteiger partial charge in [0, 0.05) is 5.56 Å². The zero-order valence-corrected chi connectivity index (χ0v) is 10.6. The first-order valence-electron chi connectivity index (χ1n) is 6.66. The highest BCUT2D eigenvalue weighted by atomic mass is 16.1. The molecule has 0 bridgehead atoms. The highest BCUT2D eigenvalue weighted by Gasteiger charge is 2.14. The summed E-state index contributed by atoms with van der Waals surface area (Å²) >= 11 is 0. The second kappa shape index (κ2) is 6.34. The fraction of sp³-hybridized carbons (Fsp3) is 0.467. The molecule has 2 rings (SSSR count). The van der Waals surface area contributed by atoms with Crippen LogP contribution in [0.25, 0.3) is 0 Å². The summed E-state index contributed by atoms with van der Waals surface area (Å²) in [5.74, 6) is 0.531. The van der Waals surface area contributed by atoms with Gasteiger partial charge >= 0.3 is 0 Å². The van der Waals surface area contributed by atoms with E-state index in [0.29, 0.717) is 17.4 Å². The van der Waals surface area contributed by atoms with E-state index < -0.39 is 0 Å². The van der Waals surface area contributed by atoms with Crippen LogP contribution in [0.2, 0.25) is 0 Å². The van der Waals surface area contributed by atoms with Gasteiger partial charge in [-0.2, -0.15) is 0 Å². The number of carbonyl (C=O) groups excluding carboxylic acids is 1. The second-order valence-corrected chi connectivity index (χ2v) is 4.88. The number of carbonyl (C=O) groups is 1. The minimum Gasteiger partial charge on any atom is -0.387 e. The number of Topliss-reactive ketones (excluding diaryl/α,β-unsaturated/α-hetero) is 1. The molecular weight excluding hydrogens is 224 g/mol. The second-order valence-electron chi connectivity index (χ2n) is 4.88. The molecule has 1 aliphatic rings. The summed E-state index contributed by atoms with van der Waals surface area (Å²) in [6, 6.07) is 9.59. The number of hydrogen-bond donors (Lipinski definition) is 1. The Morgan fingerprint density at radius 1 is 1.17 bits per heavy atom. The molecule has 1 fully saturated rings. The summed E-state index contributed by atoms with van der Waals surface area (Å²) in [7, 11) is 0. The number of ketones is 1. The van der Waals surface area contributed by atoms with Crippen LogP contribution in [-0.2, 0) is 0 Å². The van der Waals surface area contributed by atoms with E-state index in [1.54, 1.807) is 0 Å². The Morgan fingerprint density at radius 3 is 2.50 bits per heavy atom. The van der Waals surface area contributed by atoms with Crippen molar-refractivity contribution in [1.29, 1.82) is 0 Å². The standard InChI is InChI=1S/C15H20N2O/c16-15(17-13-9-5-2-6-10-13)11-14(18)12-7-3-1-4-8-12/h1,3-4,7-8,13H,2,5-6,9-11H2,(H2,16,17). The van der Waals surface area contributed by atoms with Crippen molar-refractivity contribution in [2.24, 2.45) is 10.7 Å². The third kappa shape index (κ3) is 3.69. The summed E-state index contributed by atoms with van der Waals surface area (Å²) in [4.78, 5) is 16.4. The monoisotopic (exact) mass is 244 g/mol. The molecule has 96 valence electrons.